The molecule has 0 aromatic heterocycles. The zero-order valence-electron chi connectivity index (χ0n) is 14.5. The number of hydrogen-bond donors (Lipinski definition) is 1. The summed E-state index contributed by atoms with van der Waals surface area (Å²) in [5, 5.41) is 5.94. The van der Waals surface area contributed by atoms with E-state index in [0.717, 1.165) is 23.8 Å². The fourth-order valence-electron chi connectivity index (χ4n) is 3.52. The number of carbonyl (C=O) groups is 1. The molecule has 2 aromatic carbocycles. The van der Waals surface area contributed by atoms with Gasteiger partial charge in [-0.1, -0.05) is 30.0 Å². The van der Waals surface area contributed by atoms with Crippen LogP contribution in [0.25, 0.3) is 0 Å². The van der Waals surface area contributed by atoms with Gasteiger partial charge in [0.05, 0.1) is 6.61 Å². The molecule has 2 heterocycles. The van der Waals surface area contributed by atoms with Gasteiger partial charge in [0.15, 0.2) is 4.87 Å². The second-order valence-corrected chi connectivity index (χ2v) is 7.61. The Balaban J connectivity index is 1.90. The molecule has 2 atom stereocenters. The van der Waals surface area contributed by atoms with E-state index in [0.29, 0.717) is 12.4 Å². The summed E-state index contributed by atoms with van der Waals surface area (Å²) >= 11 is 1.21. The molecular weight excluding hydrogens is 372 g/mol. The van der Waals surface area contributed by atoms with Gasteiger partial charge in [-0.15, -0.1) is 0 Å². The van der Waals surface area contributed by atoms with E-state index in [9.17, 15) is 13.6 Å². The minimum atomic E-state index is -0.969. The fourth-order valence-corrected chi connectivity index (χ4v) is 5.06. The number of para-hydroxylation sites is 1. The third-order valence-electron chi connectivity index (χ3n) is 4.77. The molecule has 27 heavy (non-hydrogen) atoms. The molecule has 0 fully saturated rings. The average molecular weight is 389 g/mol. The molecule has 2 aliphatic rings. The molecule has 0 unspecified atom stereocenters. The Morgan fingerprint density at radius 2 is 2.15 bits per heavy atom. The molecule has 0 bridgehead atoms. The van der Waals surface area contributed by atoms with E-state index in [1.54, 1.807) is 0 Å². The summed E-state index contributed by atoms with van der Waals surface area (Å²) in [6.07, 6.45) is 0. The Labute approximate surface area is 159 Å². The van der Waals surface area contributed by atoms with Crippen LogP contribution in [0.1, 0.15) is 18.1 Å². The number of fused-ring (bicyclic) bond motifs is 2. The first-order valence-electron chi connectivity index (χ1n) is 8.43. The lowest BCUT2D eigenvalue weighted by Crippen LogP contribution is -2.52. The van der Waals surface area contributed by atoms with Gasteiger partial charge in [0.25, 0.3) is 0 Å². The minimum Gasteiger partial charge on any atom is -0.493 e. The first kappa shape index (κ1) is 17.9. The quantitative estimate of drug-likeness (QED) is 0.857. The number of hydrogen-bond acceptors (Lipinski definition) is 5. The predicted molar refractivity (Wildman–Crippen MR) is 99.2 cm³/mol. The van der Waals surface area contributed by atoms with E-state index in [1.165, 1.54) is 23.7 Å². The second-order valence-electron chi connectivity index (χ2n) is 6.40. The Kier molecular flexibility index (Phi) is 4.39. The first-order chi connectivity index (χ1) is 13.0. The van der Waals surface area contributed by atoms with Gasteiger partial charge in [0.2, 0.25) is 5.91 Å². The maximum absolute atomic E-state index is 14.4. The predicted octanol–water partition coefficient (Wildman–Crippen LogP) is 3.04. The zero-order chi connectivity index (χ0) is 19.2. The molecule has 2 aliphatic heterocycles. The molecule has 0 saturated heterocycles. The second kappa shape index (κ2) is 6.61. The van der Waals surface area contributed by atoms with E-state index >= 15 is 0 Å². The molecular formula is C19H17F2N3O2S. The Morgan fingerprint density at radius 3 is 2.89 bits per heavy atom. The Bertz CT molecular complexity index is 952. The van der Waals surface area contributed by atoms with Gasteiger partial charge in [0.1, 0.15) is 22.4 Å². The van der Waals surface area contributed by atoms with Gasteiger partial charge in [-0.2, -0.15) is 5.10 Å². The highest BCUT2D eigenvalue weighted by Gasteiger charge is 2.56. The van der Waals surface area contributed by atoms with Gasteiger partial charge < -0.3 is 10.5 Å². The van der Waals surface area contributed by atoms with Crippen molar-refractivity contribution in [3.63, 3.8) is 0 Å². The number of amides is 1. The van der Waals surface area contributed by atoms with E-state index in [-0.39, 0.29) is 29.0 Å². The standard InChI is InChI=1S/C19H17F2N3O2S/c1-11(25)24-19(12(9-22)10-26-17-5-3-2-4-15(17)19)27-18(23-24)14-8-13(20)6-7-16(14)21/h2-8,12H,9-10,22H2,1H3/t12-,19+/m1/s1. The lowest BCUT2D eigenvalue weighted by molar-refractivity contribution is -0.134. The lowest BCUT2D eigenvalue weighted by atomic mass is 9.89. The highest BCUT2D eigenvalue weighted by Crippen LogP contribution is 2.56. The number of nitrogens with zero attached hydrogens (tertiary/aromatic N) is 2. The minimum absolute atomic E-state index is 0.0165. The van der Waals surface area contributed by atoms with Crippen molar-refractivity contribution in [3.05, 3.63) is 65.2 Å². The van der Waals surface area contributed by atoms with Gasteiger partial charge >= 0.3 is 0 Å². The Morgan fingerprint density at radius 1 is 1.37 bits per heavy atom. The van der Waals surface area contributed by atoms with Crippen LogP contribution in [0.4, 0.5) is 8.78 Å². The summed E-state index contributed by atoms with van der Waals surface area (Å²) < 4.78 is 33.9. The number of halogens is 2. The van der Waals surface area contributed by atoms with Crippen molar-refractivity contribution in [3.8, 4) is 5.75 Å². The van der Waals surface area contributed by atoms with Gasteiger partial charge in [-0.05, 0) is 24.3 Å². The fraction of sp³-hybridized carbons (Fsp3) is 0.263. The van der Waals surface area contributed by atoms with Crippen molar-refractivity contribution in [1.82, 2.24) is 5.01 Å². The summed E-state index contributed by atoms with van der Waals surface area (Å²) in [4.78, 5) is 11.5. The molecule has 4 rings (SSSR count). The number of thioether (sulfide) groups is 1. The summed E-state index contributed by atoms with van der Waals surface area (Å²) in [6.45, 7) is 1.92. The molecule has 1 amide bonds. The van der Waals surface area contributed by atoms with E-state index in [1.807, 2.05) is 24.3 Å². The highest BCUT2D eigenvalue weighted by molar-refractivity contribution is 8.15. The third kappa shape index (κ3) is 2.71. The number of hydrazone groups is 1. The van der Waals surface area contributed by atoms with Crippen molar-refractivity contribution in [2.75, 3.05) is 13.2 Å². The van der Waals surface area contributed by atoms with Crippen molar-refractivity contribution >= 4 is 22.7 Å². The average Bonchev–Trinajstić information content (AvgIpc) is 3.05. The number of nitrogens with two attached hydrogens (primary N) is 1. The largest absolute Gasteiger partial charge is 0.493 e. The number of benzene rings is 2. The van der Waals surface area contributed by atoms with Crippen LogP contribution < -0.4 is 10.5 Å². The smallest absolute Gasteiger partial charge is 0.241 e. The maximum atomic E-state index is 14.4. The summed E-state index contributed by atoms with van der Waals surface area (Å²) in [7, 11) is 0. The van der Waals surface area contributed by atoms with Crippen LogP contribution in [-0.2, 0) is 9.67 Å². The van der Waals surface area contributed by atoms with Crippen LogP contribution in [0.15, 0.2) is 47.6 Å². The van der Waals surface area contributed by atoms with Crippen molar-refractivity contribution in [1.29, 1.82) is 0 Å². The molecule has 2 aromatic rings. The van der Waals surface area contributed by atoms with E-state index < -0.39 is 16.5 Å². The molecule has 8 heteroatoms. The van der Waals surface area contributed by atoms with Crippen LogP contribution in [0, 0.1) is 17.6 Å². The van der Waals surface area contributed by atoms with Crippen molar-refractivity contribution < 1.29 is 18.3 Å². The van der Waals surface area contributed by atoms with Crippen LogP contribution in [0.2, 0.25) is 0 Å². The molecule has 2 N–H and O–H groups in total. The molecule has 0 saturated carbocycles. The highest BCUT2D eigenvalue weighted by atomic mass is 32.2. The van der Waals surface area contributed by atoms with E-state index in [4.69, 9.17) is 10.5 Å². The van der Waals surface area contributed by atoms with Crippen molar-refractivity contribution in [2.45, 2.75) is 11.8 Å². The molecule has 1 spiro atoms. The third-order valence-corrected chi connectivity index (χ3v) is 6.30. The van der Waals surface area contributed by atoms with Gasteiger partial charge in [-0.25, -0.2) is 13.8 Å². The molecule has 0 radical (unpaired) electrons. The summed E-state index contributed by atoms with van der Waals surface area (Å²) in [5.41, 5.74) is 6.75. The SMILES string of the molecule is CC(=O)N1N=C(c2cc(F)ccc2F)S[C@@]12c1ccccc1OC[C@H]2CN. The summed E-state index contributed by atoms with van der Waals surface area (Å²) in [5.74, 6) is -1.15. The topological polar surface area (TPSA) is 67.9 Å². The van der Waals surface area contributed by atoms with Crippen LogP contribution in [0.5, 0.6) is 5.75 Å². The normalized spacial score (nSPS) is 23.8. The number of ether oxygens (including phenoxy) is 1. The van der Waals surface area contributed by atoms with Gasteiger partial charge in [0, 0.05) is 30.5 Å². The monoisotopic (exact) mass is 389 g/mol. The molecule has 0 aliphatic carbocycles. The zero-order valence-corrected chi connectivity index (χ0v) is 15.3. The maximum Gasteiger partial charge on any atom is 0.241 e. The molecule has 140 valence electrons. The molecule has 5 nitrogen and oxygen atoms in total. The summed E-state index contributed by atoms with van der Waals surface area (Å²) in [6, 6.07) is 10.5. The van der Waals surface area contributed by atoms with Crippen molar-refractivity contribution in [2.24, 2.45) is 16.8 Å². The first-order valence-corrected chi connectivity index (χ1v) is 9.25. The Hall–Kier alpha value is -2.45. The van der Waals surface area contributed by atoms with Crippen LogP contribution >= 0.6 is 11.8 Å². The van der Waals surface area contributed by atoms with Crippen LogP contribution in [0.3, 0.4) is 0 Å². The number of rotatable bonds is 2. The van der Waals surface area contributed by atoms with Crippen LogP contribution in [-0.4, -0.2) is 29.1 Å². The number of carbonyl (C=O) groups excluding carboxylic acids is 1. The van der Waals surface area contributed by atoms with Gasteiger partial charge in [-0.3, -0.25) is 4.79 Å². The lowest BCUT2D eigenvalue weighted by Gasteiger charge is -2.44. The van der Waals surface area contributed by atoms with E-state index in [2.05, 4.69) is 5.10 Å².